The summed E-state index contributed by atoms with van der Waals surface area (Å²) in [5, 5.41) is 9.40. The maximum absolute atomic E-state index is 12.4. The van der Waals surface area contributed by atoms with E-state index in [-0.39, 0.29) is 5.91 Å². The van der Waals surface area contributed by atoms with E-state index in [0.717, 1.165) is 0 Å². The molecular formula is C19H13Cl2N3O2S. The van der Waals surface area contributed by atoms with Gasteiger partial charge < -0.3 is 5.32 Å². The van der Waals surface area contributed by atoms with Crippen molar-refractivity contribution >= 4 is 58.3 Å². The van der Waals surface area contributed by atoms with E-state index in [1.807, 2.05) is 5.38 Å². The van der Waals surface area contributed by atoms with Gasteiger partial charge in [0.1, 0.15) is 0 Å². The van der Waals surface area contributed by atoms with Crippen molar-refractivity contribution in [2.75, 3.05) is 5.32 Å². The first-order chi connectivity index (χ1) is 13.0. The van der Waals surface area contributed by atoms with E-state index in [0.29, 0.717) is 31.7 Å². The molecule has 1 heterocycles. The van der Waals surface area contributed by atoms with Crippen LogP contribution in [0.25, 0.3) is 0 Å². The van der Waals surface area contributed by atoms with E-state index in [1.165, 1.54) is 17.6 Å². The molecule has 0 radical (unpaired) electrons. The Labute approximate surface area is 169 Å². The van der Waals surface area contributed by atoms with Crippen LogP contribution >= 0.6 is 34.5 Å². The van der Waals surface area contributed by atoms with Crippen LogP contribution in [-0.4, -0.2) is 18.0 Å². The van der Waals surface area contributed by atoms with Gasteiger partial charge in [-0.1, -0.05) is 47.5 Å². The van der Waals surface area contributed by atoms with E-state index in [4.69, 9.17) is 23.2 Å². The van der Waals surface area contributed by atoms with Gasteiger partial charge in [0.25, 0.3) is 11.8 Å². The van der Waals surface area contributed by atoms with Crippen LogP contribution in [0.3, 0.4) is 0 Å². The minimum atomic E-state index is -0.460. The number of nitrogens with zero attached hydrogens (tertiary/aromatic N) is 1. The fourth-order valence-electron chi connectivity index (χ4n) is 2.21. The molecule has 2 aromatic carbocycles. The van der Waals surface area contributed by atoms with Gasteiger partial charge in [-0.2, -0.15) is 5.10 Å². The van der Waals surface area contributed by atoms with Crippen molar-refractivity contribution in [2.24, 2.45) is 5.10 Å². The quantitative estimate of drug-likeness (QED) is 0.449. The number of hydrazone groups is 1. The van der Waals surface area contributed by atoms with Crippen molar-refractivity contribution in [2.45, 2.75) is 0 Å². The Morgan fingerprint density at radius 2 is 1.81 bits per heavy atom. The van der Waals surface area contributed by atoms with Crippen LogP contribution in [0.5, 0.6) is 0 Å². The molecule has 2 N–H and O–H groups in total. The number of benzene rings is 2. The average molecular weight is 418 g/mol. The Hall–Kier alpha value is -2.67. The van der Waals surface area contributed by atoms with Crippen LogP contribution in [0.2, 0.25) is 10.0 Å². The molecular weight excluding hydrogens is 405 g/mol. The van der Waals surface area contributed by atoms with Crippen LogP contribution in [0.1, 0.15) is 25.6 Å². The summed E-state index contributed by atoms with van der Waals surface area (Å²) in [6, 6.07) is 15.1. The van der Waals surface area contributed by atoms with Gasteiger partial charge >= 0.3 is 0 Å². The standard InChI is InChI=1S/C19H13Cl2N3O2S/c20-13-8-7-12(15(21)10-13)11-22-24-18(25)14-4-1-2-5-16(14)23-19(26)17-6-3-9-27-17/h1-11H,(H,23,26)(H,24,25)/b22-11-. The van der Waals surface area contributed by atoms with E-state index in [9.17, 15) is 9.59 Å². The predicted molar refractivity (Wildman–Crippen MR) is 110 cm³/mol. The number of amides is 2. The Balaban J connectivity index is 1.71. The monoisotopic (exact) mass is 417 g/mol. The maximum Gasteiger partial charge on any atom is 0.273 e. The zero-order valence-corrected chi connectivity index (χ0v) is 16.1. The largest absolute Gasteiger partial charge is 0.321 e. The summed E-state index contributed by atoms with van der Waals surface area (Å²) in [5.41, 5.74) is 3.73. The van der Waals surface area contributed by atoms with Crippen molar-refractivity contribution in [1.29, 1.82) is 0 Å². The van der Waals surface area contributed by atoms with Crippen LogP contribution in [0.15, 0.2) is 65.1 Å². The third kappa shape index (κ3) is 4.95. The maximum atomic E-state index is 12.4. The molecule has 0 spiro atoms. The first-order valence-electron chi connectivity index (χ1n) is 7.77. The van der Waals surface area contributed by atoms with Gasteiger partial charge in [-0.25, -0.2) is 5.43 Å². The number of para-hydroxylation sites is 1. The molecule has 0 unspecified atom stereocenters. The molecule has 0 atom stereocenters. The molecule has 0 aliphatic carbocycles. The van der Waals surface area contributed by atoms with E-state index in [2.05, 4.69) is 15.8 Å². The lowest BCUT2D eigenvalue weighted by Crippen LogP contribution is -2.21. The number of hydrogen-bond acceptors (Lipinski definition) is 4. The summed E-state index contributed by atoms with van der Waals surface area (Å²) in [6.07, 6.45) is 1.42. The molecule has 8 heteroatoms. The summed E-state index contributed by atoms with van der Waals surface area (Å²) in [7, 11) is 0. The Bertz CT molecular complexity index is 1000. The van der Waals surface area contributed by atoms with E-state index >= 15 is 0 Å². The van der Waals surface area contributed by atoms with Crippen molar-refractivity contribution in [3.8, 4) is 0 Å². The lowest BCUT2D eigenvalue weighted by atomic mass is 10.1. The molecule has 136 valence electrons. The van der Waals surface area contributed by atoms with Gasteiger partial charge in [-0.3, -0.25) is 9.59 Å². The number of anilines is 1. The molecule has 0 bridgehead atoms. The zero-order chi connectivity index (χ0) is 19.2. The highest BCUT2D eigenvalue weighted by atomic mass is 35.5. The topological polar surface area (TPSA) is 70.6 Å². The lowest BCUT2D eigenvalue weighted by Gasteiger charge is -2.09. The molecule has 3 aromatic rings. The second-order valence-electron chi connectivity index (χ2n) is 5.34. The highest BCUT2D eigenvalue weighted by Crippen LogP contribution is 2.20. The van der Waals surface area contributed by atoms with Gasteiger partial charge in [0.15, 0.2) is 0 Å². The van der Waals surface area contributed by atoms with Crippen molar-refractivity contribution < 1.29 is 9.59 Å². The van der Waals surface area contributed by atoms with Crippen LogP contribution < -0.4 is 10.7 Å². The highest BCUT2D eigenvalue weighted by molar-refractivity contribution is 7.12. The van der Waals surface area contributed by atoms with Crippen molar-refractivity contribution in [1.82, 2.24) is 5.43 Å². The summed E-state index contributed by atoms with van der Waals surface area (Å²) in [6.45, 7) is 0. The summed E-state index contributed by atoms with van der Waals surface area (Å²) in [5.74, 6) is -0.736. The SMILES string of the molecule is O=C(Nc1ccccc1C(=O)N/N=C\c1ccc(Cl)cc1Cl)c1cccs1. The van der Waals surface area contributed by atoms with Gasteiger partial charge in [0.05, 0.1) is 27.4 Å². The van der Waals surface area contributed by atoms with Crippen LogP contribution in [-0.2, 0) is 0 Å². The molecule has 5 nitrogen and oxygen atoms in total. The second kappa shape index (κ2) is 8.81. The molecule has 0 aliphatic rings. The summed E-state index contributed by atoms with van der Waals surface area (Å²) in [4.78, 5) is 25.2. The number of carbonyl (C=O) groups excluding carboxylic acids is 2. The molecule has 0 aliphatic heterocycles. The minimum absolute atomic E-state index is 0.276. The second-order valence-corrected chi connectivity index (χ2v) is 7.13. The molecule has 0 saturated carbocycles. The van der Waals surface area contributed by atoms with E-state index < -0.39 is 5.91 Å². The first-order valence-corrected chi connectivity index (χ1v) is 9.40. The number of carbonyl (C=O) groups is 2. The average Bonchev–Trinajstić information content (AvgIpc) is 3.19. The molecule has 0 saturated heterocycles. The minimum Gasteiger partial charge on any atom is -0.321 e. The van der Waals surface area contributed by atoms with Gasteiger partial charge in [-0.15, -0.1) is 11.3 Å². The molecule has 0 fully saturated rings. The van der Waals surface area contributed by atoms with Crippen LogP contribution in [0, 0.1) is 0 Å². The Morgan fingerprint density at radius 1 is 1.00 bits per heavy atom. The van der Waals surface area contributed by atoms with E-state index in [1.54, 1.807) is 54.6 Å². The Morgan fingerprint density at radius 3 is 2.56 bits per heavy atom. The number of thiophene rings is 1. The van der Waals surface area contributed by atoms with Gasteiger partial charge in [0.2, 0.25) is 0 Å². The summed E-state index contributed by atoms with van der Waals surface area (Å²) >= 11 is 13.2. The third-order valence-corrected chi connectivity index (χ3v) is 4.93. The molecule has 3 rings (SSSR count). The van der Waals surface area contributed by atoms with Crippen molar-refractivity contribution in [3.63, 3.8) is 0 Å². The van der Waals surface area contributed by atoms with Gasteiger partial charge in [-0.05, 0) is 35.7 Å². The predicted octanol–water partition coefficient (Wildman–Crippen LogP) is 5.07. The first kappa shape index (κ1) is 19.1. The normalized spacial score (nSPS) is 10.7. The highest BCUT2D eigenvalue weighted by Gasteiger charge is 2.14. The number of hydrogen-bond donors (Lipinski definition) is 2. The molecule has 2 amide bonds. The third-order valence-electron chi connectivity index (χ3n) is 3.50. The smallest absolute Gasteiger partial charge is 0.273 e. The Kier molecular flexibility index (Phi) is 6.24. The number of halogens is 2. The molecule has 27 heavy (non-hydrogen) atoms. The zero-order valence-electron chi connectivity index (χ0n) is 13.8. The van der Waals surface area contributed by atoms with Crippen LogP contribution in [0.4, 0.5) is 5.69 Å². The fourth-order valence-corrected chi connectivity index (χ4v) is 3.28. The van der Waals surface area contributed by atoms with Gasteiger partial charge in [0, 0.05) is 10.6 Å². The van der Waals surface area contributed by atoms with Crippen molar-refractivity contribution in [3.05, 3.63) is 86.0 Å². The lowest BCUT2D eigenvalue weighted by molar-refractivity contribution is 0.0956. The number of rotatable bonds is 5. The number of nitrogens with one attached hydrogen (secondary N) is 2. The molecule has 1 aromatic heterocycles. The fraction of sp³-hybridized carbons (Fsp3) is 0. The summed E-state index contributed by atoms with van der Waals surface area (Å²) < 4.78 is 0.